The lowest BCUT2D eigenvalue weighted by molar-refractivity contribution is 0.538. The van der Waals surface area contributed by atoms with Crippen molar-refractivity contribution in [1.29, 1.82) is 0 Å². The molecule has 0 aliphatic carbocycles. The minimum absolute atomic E-state index is 0.0380. The summed E-state index contributed by atoms with van der Waals surface area (Å²) in [6.07, 6.45) is 3.25. The van der Waals surface area contributed by atoms with Crippen LogP contribution in [-0.4, -0.2) is 33.0 Å². The molecule has 2 aromatic heterocycles. The van der Waals surface area contributed by atoms with E-state index in [-0.39, 0.29) is 17.0 Å². The van der Waals surface area contributed by atoms with E-state index in [1.54, 1.807) is 22.5 Å². The van der Waals surface area contributed by atoms with Gasteiger partial charge in [0.05, 0.1) is 11.7 Å². The van der Waals surface area contributed by atoms with E-state index in [0.717, 1.165) is 11.1 Å². The van der Waals surface area contributed by atoms with Crippen molar-refractivity contribution in [3.63, 3.8) is 0 Å². The molecule has 0 saturated carbocycles. The quantitative estimate of drug-likeness (QED) is 0.705. The first kappa shape index (κ1) is 16.4. The van der Waals surface area contributed by atoms with E-state index in [4.69, 9.17) is 0 Å². The van der Waals surface area contributed by atoms with Crippen molar-refractivity contribution in [3.05, 3.63) is 59.7 Å². The number of sulfone groups is 1. The van der Waals surface area contributed by atoms with Gasteiger partial charge in [0.25, 0.3) is 0 Å². The minimum Gasteiger partial charge on any atom is -0.297 e. The van der Waals surface area contributed by atoms with Gasteiger partial charge in [0, 0.05) is 13.2 Å². The molecule has 0 saturated heterocycles. The van der Waals surface area contributed by atoms with Gasteiger partial charge < -0.3 is 0 Å². The van der Waals surface area contributed by atoms with Gasteiger partial charge in [-0.15, -0.1) is 10.2 Å². The molecule has 126 valence electrons. The number of aromatic nitrogens is 5. The minimum atomic E-state index is -3.65. The second-order valence-corrected chi connectivity index (χ2v) is 7.68. The lowest BCUT2D eigenvalue weighted by atomic mass is 10.1. The molecule has 0 N–H and O–H groups in total. The number of hydrogen-bond donors (Lipinski definition) is 0. The average Bonchev–Trinajstić information content (AvgIpc) is 3.15. The molecule has 3 aromatic rings. The molecule has 7 nitrogen and oxygen atoms in total. The Morgan fingerprint density at radius 3 is 2.54 bits per heavy atom. The molecule has 0 radical (unpaired) electrons. The van der Waals surface area contributed by atoms with Crippen LogP contribution in [0.2, 0.25) is 0 Å². The Balaban J connectivity index is 1.95. The molecule has 3 rings (SSSR count). The fourth-order valence-electron chi connectivity index (χ4n) is 2.65. The van der Waals surface area contributed by atoms with Crippen molar-refractivity contribution < 1.29 is 8.42 Å². The lowest BCUT2D eigenvalue weighted by Crippen LogP contribution is -2.16. The average molecular weight is 345 g/mol. The molecule has 0 amide bonds. The third-order valence-electron chi connectivity index (χ3n) is 3.96. The van der Waals surface area contributed by atoms with Crippen LogP contribution in [-0.2, 0) is 22.6 Å². The number of rotatable bonds is 5. The van der Waals surface area contributed by atoms with Gasteiger partial charge in [-0.2, -0.15) is 5.10 Å². The molecule has 0 bridgehead atoms. The lowest BCUT2D eigenvalue weighted by Gasteiger charge is -2.15. The van der Waals surface area contributed by atoms with E-state index in [9.17, 15) is 8.42 Å². The van der Waals surface area contributed by atoms with Crippen LogP contribution in [0.4, 0.5) is 0 Å². The third-order valence-corrected chi connectivity index (χ3v) is 5.46. The highest BCUT2D eigenvalue weighted by Crippen LogP contribution is 2.23. The van der Waals surface area contributed by atoms with Crippen LogP contribution in [0.3, 0.4) is 0 Å². The number of nitrogens with zero attached hydrogens (tertiary/aromatic N) is 5. The van der Waals surface area contributed by atoms with Gasteiger partial charge in [-0.05, 0) is 25.0 Å². The Morgan fingerprint density at radius 2 is 1.92 bits per heavy atom. The van der Waals surface area contributed by atoms with E-state index in [1.165, 1.54) is 6.33 Å². The molecule has 24 heavy (non-hydrogen) atoms. The first-order valence-corrected chi connectivity index (χ1v) is 9.20. The molecule has 0 aliphatic rings. The van der Waals surface area contributed by atoms with Crippen LogP contribution >= 0.6 is 0 Å². The zero-order chi connectivity index (χ0) is 17.3. The predicted octanol–water partition coefficient (Wildman–Crippen LogP) is 1.90. The van der Waals surface area contributed by atoms with Crippen molar-refractivity contribution in [1.82, 2.24) is 24.5 Å². The maximum absolute atomic E-state index is 12.8. The molecule has 8 heteroatoms. The fraction of sp³-hybridized carbons (Fsp3) is 0.312. The molecule has 1 atom stereocenters. The highest BCUT2D eigenvalue weighted by molar-refractivity contribution is 7.90. The largest absolute Gasteiger partial charge is 0.297 e. The second kappa shape index (κ2) is 6.20. The molecule has 2 heterocycles. The van der Waals surface area contributed by atoms with Gasteiger partial charge in [-0.3, -0.25) is 9.25 Å². The summed E-state index contributed by atoms with van der Waals surface area (Å²) in [7, 11) is -1.88. The Labute approximate surface area is 140 Å². The summed E-state index contributed by atoms with van der Waals surface area (Å²) in [5, 5.41) is 11.8. The smallest absolute Gasteiger partial charge is 0.250 e. The SMILES string of the molecule is Cc1cn(C)nc1CS(=O)(=O)c1nncn1C(C)c1ccccc1. The predicted molar refractivity (Wildman–Crippen MR) is 89.1 cm³/mol. The van der Waals surface area contributed by atoms with Crippen LogP contribution in [0.5, 0.6) is 0 Å². The maximum atomic E-state index is 12.8. The normalized spacial score (nSPS) is 13.1. The molecule has 1 unspecified atom stereocenters. The van der Waals surface area contributed by atoms with Gasteiger partial charge in [-0.1, -0.05) is 30.3 Å². The van der Waals surface area contributed by atoms with E-state index < -0.39 is 9.84 Å². The monoisotopic (exact) mass is 345 g/mol. The summed E-state index contributed by atoms with van der Waals surface area (Å²) in [6.45, 7) is 3.76. The Morgan fingerprint density at radius 1 is 1.21 bits per heavy atom. The summed E-state index contributed by atoms with van der Waals surface area (Å²) >= 11 is 0. The molecular formula is C16H19N5O2S. The molecule has 0 aliphatic heterocycles. The van der Waals surface area contributed by atoms with Crippen LogP contribution in [0.25, 0.3) is 0 Å². The maximum Gasteiger partial charge on any atom is 0.250 e. The van der Waals surface area contributed by atoms with Gasteiger partial charge in [-0.25, -0.2) is 8.42 Å². The second-order valence-electron chi connectivity index (χ2n) is 5.80. The molecule has 0 spiro atoms. The van der Waals surface area contributed by atoms with E-state index in [2.05, 4.69) is 15.3 Å². The van der Waals surface area contributed by atoms with Gasteiger partial charge in [0.1, 0.15) is 12.1 Å². The van der Waals surface area contributed by atoms with E-state index in [1.807, 2.05) is 44.2 Å². The Hall–Kier alpha value is -2.48. The number of aryl methyl sites for hydroxylation is 2. The fourth-order valence-corrected chi connectivity index (χ4v) is 4.13. The molecular weight excluding hydrogens is 326 g/mol. The third kappa shape index (κ3) is 3.09. The number of hydrogen-bond acceptors (Lipinski definition) is 5. The Kier molecular flexibility index (Phi) is 4.23. The summed E-state index contributed by atoms with van der Waals surface area (Å²) in [6, 6.07) is 9.47. The van der Waals surface area contributed by atoms with Crippen LogP contribution < -0.4 is 0 Å². The highest BCUT2D eigenvalue weighted by atomic mass is 32.2. The van der Waals surface area contributed by atoms with E-state index in [0.29, 0.717) is 5.69 Å². The summed E-state index contributed by atoms with van der Waals surface area (Å²) in [5.41, 5.74) is 2.35. The summed E-state index contributed by atoms with van der Waals surface area (Å²) in [5.74, 6) is -0.195. The van der Waals surface area contributed by atoms with Gasteiger partial charge in [0.15, 0.2) is 0 Å². The van der Waals surface area contributed by atoms with Crippen LogP contribution in [0.1, 0.15) is 29.8 Å². The van der Waals surface area contributed by atoms with Crippen LogP contribution in [0.15, 0.2) is 48.0 Å². The van der Waals surface area contributed by atoms with Crippen molar-refractivity contribution in [2.24, 2.45) is 7.05 Å². The zero-order valence-electron chi connectivity index (χ0n) is 13.8. The van der Waals surface area contributed by atoms with Crippen LogP contribution in [0, 0.1) is 6.92 Å². The van der Waals surface area contributed by atoms with E-state index >= 15 is 0 Å². The highest BCUT2D eigenvalue weighted by Gasteiger charge is 2.26. The summed E-state index contributed by atoms with van der Waals surface area (Å²) in [4.78, 5) is 0. The van der Waals surface area contributed by atoms with Gasteiger partial charge in [0.2, 0.25) is 15.0 Å². The van der Waals surface area contributed by atoms with Crippen molar-refractivity contribution in [2.75, 3.05) is 0 Å². The topological polar surface area (TPSA) is 82.7 Å². The summed E-state index contributed by atoms with van der Waals surface area (Å²) < 4.78 is 28.8. The Bertz CT molecular complexity index is 944. The first-order chi connectivity index (χ1) is 11.4. The van der Waals surface area contributed by atoms with Crippen molar-refractivity contribution in [2.45, 2.75) is 30.8 Å². The molecule has 1 aromatic carbocycles. The van der Waals surface area contributed by atoms with Crippen molar-refractivity contribution >= 4 is 9.84 Å². The first-order valence-electron chi connectivity index (χ1n) is 7.55. The van der Waals surface area contributed by atoms with Crippen molar-refractivity contribution in [3.8, 4) is 0 Å². The number of benzene rings is 1. The van der Waals surface area contributed by atoms with Gasteiger partial charge >= 0.3 is 0 Å². The zero-order valence-corrected chi connectivity index (χ0v) is 14.6. The standard InChI is InChI=1S/C16H19N5O2S/c1-12-9-20(3)19-15(12)10-24(22,23)16-18-17-11-21(16)13(2)14-7-5-4-6-8-14/h4-9,11,13H,10H2,1-3H3. The molecule has 0 fully saturated rings.